The van der Waals surface area contributed by atoms with Gasteiger partial charge in [0.2, 0.25) is 0 Å². The zero-order chi connectivity index (χ0) is 14.9. The molecule has 20 heavy (non-hydrogen) atoms. The van der Waals surface area contributed by atoms with E-state index in [4.69, 9.17) is 27.9 Å². The second-order valence-electron chi connectivity index (χ2n) is 4.56. The van der Waals surface area contributed by atoms with Gasteiger partial charge >= 0.3 is 0 Å². The van der Waals surface area contributed by atoms with Gasteiger partial charge in [-0.1, -0.05) is 41.4 Å². The molecule has 2 rings (SSSR count). The van der Waals surface area contributed by atoms with Crippen LogP contribution in [-0.2, 0) is 0 Å². The monoisotopic (exact) mass is 308 g/mol. The fourth-order valence-corrected chi connectivity index (χ4v) is 2.65. The summed E-state index contributed by atoms with van der Waals surface area (Å²) < 4.78 is 5.09. The van der Waals surface area contributed by atoms with Gasteiger partial charge < -0.3 is 4.74 Å². The highest BCUT2D eigenvalue weighted by Gasteiger charge is 2.19. The summed E-state index contributed by atoms with van der Waals surface area (Å²) in [5, 5.41) is 0.699. The average molecular weight is 309 g/mol. The second kappa shape index (κ2) is 5.86. The fourth-order valence-electron chi connectivity index (χ4n) is 2.17. The normalized spacial score (nSPS) is 10.4. The maximum atomic E-state index is 12.7. The van der Waals surface area contributed by atoms with E-state index in [0.29, 0.717) is 26.9 Å². The maximum absolute atomic E-state index is 12.7. The van der Waals surface area contributed by atoms with E-state index in [-0.39, 0.29) is 5.78 Å². The predicted molar refractivity (Wildman–Crippen MR) is 82.4 cm³/mol. The zero-order valence-corrected chi connectivity index (χ0v) is 13.0. The average Bonchev–Trinajstić information content (AvgIpc) is 2.40. The van der Waals surface area contributed by atoms with Crippen LogP contribution in [0, 0.1) is 13.8 Å². The first kappa shape index (κ1) is 14.9. The van der Waals surface area contributed by atoms with Gasteiger partial charge in [0, 0.05) is 17.2 Å². The molecule has 0 unspecified atom stereocenters. The maximum Gasteiger partial charge on any atom is 0.195 e. The Morgan fingerprint density at radius 2 is 1.65 bits per heavy atom. The Bertz CT molecular complexity index is 658. The molecule has 0 atom stereocenters. The molecule has 0 fully saturated rings. The highest BCUT2D eigenvalue weighted by atomic mass is 35.5. The number of aryl methyl sites for hydroxylation is 2. The number of ketones is 1. The van der Waals surface area contributed by atoms with Gasteiger partial charge in [-0.3, -0.25) is 4.79 Å². The number of hydrogen-bond donors (Lipinski definition) is 0. The van der Waals surface area contributed by atoms with Crippen LogP contribution < -0.4 is 4.74 Å². The summed E-state index contributed by atoms with van der Waals surface area (Å²) in [5.41, 5.74) is 2.88. The van der Waals surface area contributed by atoms with Crippen molar-refractivity contribution in [1.82, 2.24) is 0 Å². The summed E-state index contributed by atoms with van der Waals surface area (Å²) >= 11 is 12.2. The zero-order valence-electron chi connectivity index (χ0n) is 11.5. The molecule has 0 spiro atoms. The van der Waals surface area contributed by atoms with E-state index in [1.54, 1.807) is 12.1 Å². The van der Waals surface area contributed by atoms with Crippen LogP contribution >= 0.6 is 23.2 Å². The lowest BCUT2D eigenvalue weighted by molar-refractivity contribution is 0.103. The van der Waals surface area contributed by atoms with Gasteiger partial charge in [0.25, 0.3) is 0 Å². The molecule has 0 aliphatic heterocycles. The van der Waals surface area contributed by atoms with Crippen LogP contribution in [-0.4, -0.2) is 12.9 Å². The summed E-state index contributed by atoms with van der Waals surface area (Å²) in [7, 11) is 1.50. The molecule has 4 heteroatoms. The van der Waals surface area contributed by atoms with Gasteiger partial charge in [-0.25, -0.2) is 0 Å². The Hall–Kier alpha value is -1.51. The Morgan fingerprint density at radius 1 is 1.05 bits per heavy atom. The minimum atomic E-state index is -0.129. The van der Waals surface area contributed by atoms with E-state index in [2.05, 4.69) is 0 Å². The number of halogens is 2. The summed E-state index contributed by atoms with van der Waals surface area (Å²) in [5.74, 6) is 0.324. The van der Waals surface area contributed by atoms with E-state index in [1.165, 1.54) is 7.11 Å². The predicted octanol–water partition coefficient (Wildman–Crippen LogP) is 4.85. The Morgan fingerprint density at radius 3 is 2.20 bits per heavy atom. The van der Waals surface area contributed by atoms with Crippen LogP contribution in [0.3, 0.4) is 0 Å². The molecule has 0 saturated carbocycles. The summed E-state index contributed by atoms with van der Waals surface area (Å²) in [6.45, 7) is 3.80. The van der Waals surface area contributed by atoms with Crippen LogP contribution in [0.2, 0.25) is 10.0 Å². The summed E-state index contributed by atoms with van der Waals surface area (Å²) in [6, 6.07) is 8.84. The Labute approximate surface area is 128 Å². The number of benzene rings is 2. The van der Waals surface area contributed by atoms with Crippen molar-refractivity contribution < 1.29 is 9.53 Å². The third-order valence-corrected chi connectivity index (χ3v) is 3.80. The first-order valence-electron chi connectivity index (χ1n) is 6.09. The van der Waals surface area contributed by atoms with Crippen molar-refractivity contribution in [2.75, 3.05) is 7.11 Å². The lowest BCUT2D eigenvalue weighted by atomic mass is 9.95. The van der Waals surface area contributed by atoms with E-state index >= 15 is 0 Å². The van der Waals surface area contributed by atoms with Gasteiger partial charge in [0.15, 0.2) is 5.78 Å². The number of ether oxygens (including phenoxy) is 1. The van der Waals surface area contributed by atoms with Crippen LogP contribution in [0.25, 0.3) is 0 Å². The number of methoxy groups -OCH3 is 1. The molecule has 2 aromatic carbocycles. The van der Waals surface area contributed by atoms with Crippen LogP contribution in [0.4, 0.5) is 0 Å². The second-order valence-corrected chi connectivity index (χ2v) is 5.38. The first-order valence-corrected chi connectivity index (χ1v) is 6.85. The van der Waals surface area contributed by atoms with E-state index in [1.807, 2.05) is 32.0 Å². The molecule has 0 heterocycles. The fraction of sp³-hybridized carbons (Fsp3) is 0.188. The van der Waals surface area contributed by atoms with Crippen LogP contribution in [0.1, 0.15) is 27.0 Å². The molecule has 0 N–H and O–H groups in total. The highest BCUT2D eigenvalue weighted by molar-refractivity contribution is 6.37. The van der Waals surface area contributed by atoms with Crippen molar-refractivity contribution in [1.29, 1.82) is 0 Å². The molecular formula is C16H14Cl2O2. The van der Waals surface area contributed by atoms with E-state index < -0.39 is 0 Å². The van der Waals surface area contributed by atoms with Crippen molar-refractivity contribution >= 4 is 29.0 Å². The van der Waals surface area contributed by atoms with Gasteiger partial charge in [0.05, 0.1) is 17.2 Å². The number of carbonyl (C=O) groups excluding carboxylic acids is 1. The molecule has 0 saturated heterocycles. The molecule has 0 bridgehead atoms. The highest BCUT2D eigenvalue weighted by Crippen LogP contribution is 2.32. The molecule has 104 valence electrons. The van der Waals surface area contributed by atoms with E-state index in [9.17, 15) is 4.79 Å². The lowest BCUT2D eigenvalue weighted by Crippen LogP contribution is -2.07. The molecule has 2 nitrogen and oxygen atoms in total. The van der Waals surface area contributed by atoms with Crippen molar-refractivity contribution in [2.24, 2.45) is 0 Å². The largest absolute Gasteiger partial charge is 0.495 e. The Balaban J connectivity index is 2.57. The van der Waals surface area contributed by atoms with Gasteiger partial charge in [-0.05, 0) is 31.0 Å². The topological polar surface area (TPSA) is 26.3 Å². The number of carbonyl (C=O) groups is 1. The van der Waals surface area contributed by atoms with Crippen molar-refractivity contribution in [3.63, 3.8) is 0 Å². The van der Waals surface area contributed by atoms with Crippen molar-refractivity contribution in [2.45, 2.75) is 13.8 Å². The van der Waals surface area contributed by atoms with Crippen LogP contribution in [0.5, 0.6) is 5.75 Å². The molecule has 0 radical (unpaired) electrons. The van der Waals surface area contributed by atoms with Crippen molar-refractivity contribution in [3.05, 3.63) is 62.6 Å². The molecule has 0 aliphatic rings. The minimum absolute atomic E-state index is 0.129. The minimum Gasteiger partial charge on any atom is -0.495 e. The SMILES string of the molecule is COc1cc(Cl)c(C(=O)c2c(C)cccc2C)cc1Cl. The molecule has 0 aromatic heterocycles. The number of rotatable bonds is 3. The van der Waals surface area contributed by atoms with Crippen LogP contribution in [0.15, 0.2) is 30.3 Å². The molecule has 2 aromatic rings. The quantitative estimate of drug-likeness (QED) is 0.758. The Kier molecular flexibility index (Phi) is 4.36. The molecular weight excluding hydrogens is 295 g/mol. The number of hydrogen-bond acceptors (Lipinski definition) is 2. The summed E-state index contributed by atoms with van der Waals surface area (Å²) in [6.07, 6.45) is 0. The smallest absolute Gasteiger partial charge is 0.195 e. The third kappa shape index (κ3) is 2.67. The van der Waals surface area contributed by atoms with Gasteiger partial charge in [-0.2, -0.15) is 0 Å². The third-order valence-electron chi connectivity index (χ3n) is 3.19. The summed E-state index contributed by atoms with van der Waals surface area (Å²) in [4.78, 5) is 12.7. The standard InChI is InChI=1S/C16H14Cl2O2/c1-9-5-4-6-10(2)15(9)16(19)11-7-13(18)14(20-3)8-12(11)17/h4-8H,1-3H3. The lowest BCUT2D eigenvalue weighted by Gasteiger charge is -2.11. The van der Waals surface area contributed by atoms with Gasteiger partial charge in [-0.15, -0.1) is 0 Å². The van der Waals surface area contributed by atoms with Gasteiger partial charge in [0.1, 0.15) is 5.75 Å². The first-order chi connectivity index (χ1) is 9.45. The van der Waals surface area contributed by atoms with E-state index in [0.717, 1.165) is 11.1 Å². The van der Waals surface area contributed by atoms with Crippen molar-refractivity contribution in [3.8, 4) is 5.75 Å². The molecule has 0 amide bonds. The molecule has 0 aliphatic carbocycles.